The predicted octanol–water partition coefficient (Wildman–Crippen LogP) is 0.779. The molecule has 0 amide bonds. The predicted molar refractivity (Wildman–Crippen MR) is 28.9 cm³/mol. The summed E-state index contributed by atoms with van der Waals surface area (Å²) in [5, 5.41) is 0. The van der Waals surface area contributed by atoms with Crippen LogP contribution in [0.3, 0.4) is 0 Å². The van der Waals surface area contributed by atoms with Crippen molar-refractivity contribution < 1.29 is 4.79 Å². The maximum absolute atomic E-state index is 9.37. The van der Waals surface area contributed by atoms with Gasteiger partial charge in [0.1, 0.15) is 0 Å². The van der Waals surface area contributed by atoms with Gasteiger partial charge < -0.3 is 0 Å². The van der Waals surface area contributed by atoms with Crippen molar-refractivity contribution in [2.75, 3.05) is 0 Å². The highest BCUT2D eigenvalue weighted by Gasteiger charge is 1.35. The van der Waals surface area contributed by atoms with Gasteiger partial charge >= 0.3 is 0 Å². The summed E-state index contributed by atoms with van der Waals surface area (Å²) in [5.41, 5.74) is 11.1. The lowest BCUT2D eigenvalue weighted by Gasteiger charge is -1.33. The van der Waals surface area contributed by atoms with Crippen LogP contribution in [0, 0.1) is 0 Å². The van der Waals surface area contributed by atoms with E-state index in [9.17, 15) is 4.79 Å². The topological polar surface area (TPSA) is 17.1 Å². The van der Waals surface area contributed by atoms with Gasteiger partial charge in [0.15, 0.2) is 5.94 Å². The summed E-state index contributed by atoms with van der Waals surface area (Å²) in [7, 11) is 0. The monoisotopic (exact) mass is 102 g/mol. The van der Waals surface area contributed by atoms with Gasteiger partial charge in [-0.15, -0.1) is 0 Å². The minimum atomic E-state index is 1.36. The van der Waals surface area contributed by atoms with Crippen LogP contribution in [0.15, 0.2) is 35.2 Å². The molecule has 0 heterocycles. The SMILES string of the molecule is C=C=C=C=C=C=C=O. The van der Waals surface area contributed by atoms with E-state index in [2.05, 4.69) is 29.5 Å². The highest BCUT2D eigenvalue weighted by Crippen LogP contribution is 1.46. The largest absolute Gasteiger partial charge is 0.223 e. The Kier molecular flexibility index (Phi) is 4.25. The first-order valence-corrected chi connectivity index (χ1v) is 1.81. The third-order valence-corrected chi connectivity index (χ3v) is 0.327. The molecule has 1 nitrogen and oxygen atoms in total. The number of hydrogen-bond acceptors (Lipinski definition) is 1. The Morgan fingerprint density at radius 2 is 1.62 bits per heavy atom. The summed E-state index contributed by atoms with van der Waals surface area (Å²) in [6, 6.07) is 0. The molecule has 0 saturated heterocycles. The van der Waals surface area contributed by atoms with Crippen molar-refractivity contribution in [1.82, 2.24) is 0 Å². The van der Waals surface area contributed by atoms with Crippen LogP contribution in [-0.4, -0.2) is 5.94 Å². The lowest BCUT2D eigenvalue weighted by Crippen LogP contribution is -1.28. The van der Waals surface area contributed by atoms with Crippen LogP contribution in [0.4, 0.5) is 0 Å². The van der Waals surface area contributed by atoms with Crippen molar-refractivity contribution in [1.29, 1.82) is 0 Å². The van der Waals surface area contributed by atoms with Crippen molar-refractivity contribution in [2.24, 2.45) is 0 Å². The fourth-order valence-corrected chi connectivity index (χ4v) is 0.132. The molecule has 0 aromatic rings. The first kappa shape index (κ1) is 6.35. The van der Waals surface area contributed by atoms with Crippen molar-refractivity contribution >= 4 is 5.94 Å². The van der Waals surface area contributed by atoms with E-state index in [1.165, 1.54) is 5.94 Å². The molecule has 0 radical (unpaired) electrons. The molecule has 0 bridgehead atoms. The van der Waals surface area contributed by atoms with Gasteiger partial charge in [-0.05, 0) is 18.0 Å². The van der Waals surface area contributed by atoms with Crippen LogP contribution >= 0.6 is 0 Å². The zero-order valence-electron chi connectivity index (χ0n) is 4.12. The molecule has 0 aromatic heterocycles. The zero-order valence-corrected chi connectivity index (χ0v) is 4.12. The molecule has 0 aliphatic rings. The molecule has 36 valence electrons. The van der Waals surface area contributed by atoms with Gasteiger partial charge in [0.05, 0.1) is 0 Å². The molecule has 0 unspecified atom stereocenters. The van der Waals surface area contributed by atoms with Gasteiger partial charge in [-0.1, -0.05) is 5.73 Å². The Morgan fingerprint density at radius 3 is 2.12 bits per heavy atom. The van der Waals surface area contributed by atoms with E-state index in [1.54, 1.807) is 0 Å². The Labute approximate surface area is 47.0 Å². The summed E-state index contributed by atoms with van der Waals surface area (Å²) in [6.45, 7) is 3.19. The second-order valence-corrected chi connectivity index (χ2v) is 0.779. The molecule has 0 fully saturated rings. The van der Waals surface area contributed by atoms with Crippen LogP contribution in [-0.2, 0) is 4.79 Å². The van der Waals surface area contributed by atoms with Gasteiger partial charge in [0, 0.05) is 11.5 Å². The Balaban J connectivity index is 5.06. The third-order valence-electron chi connectivity index (χ3n) is 0.327. The second-order valence-electron chi connectivity index (χ2n) is 0.779. The average molecular weight is 102 g/mol. The van der Waals surface area contributed by atoms with Crippen LogP contribution in [0.2, 0.25) is 0 Å². The lowest BCUT2D eigenvalue weighted by atomic mass is 10.7. The van der Waals surface area contributed by atoms with Gasteiger partial charge in [-0.3, -0.25) is 0 Å². The van der Waals surface area contributed by atoms with Gasteiger partial charge in [-0.2, -0.15) is 0 Å². The molecule has 0 rings (SSSR count). The lowest BCUT2D eigenvalue weighted by molar-refractivity contribution is 0.569. The molecule has 0 N–H and O–H groups in total. The minimum Gasteiger partial charge on any atom is -0.223 e. The number of carbonyl (C=O) groups excluding carboxylic acids is 1. The van der Waals surface area contributed by atoms with E-state index in [1.807, 2.05) is 5.73 Å². The highest BCUT2D eigenvalue weighted by molar-refractivity contribution is 5.43. The van der Waals surface area contributed by atoms with E-state index < -0.39 is 0 Å². The van der Waals surface area contributed by atoms with E-state index in [4.69, 9.17) is 0 Å². The van der Waals surface area contributed by atoms with E-state index >= 15 is 0 Å². The van der Waals surface area contributed by atoms with Crippen LogP contribution in [0.5, 0.6) is 0 Å². The van der Waals surface area contributed by atoms with E-state index in [-0.39, 0.29) is 0 Å². The van der Waals surface area contributed by atoms with Crippen LogP contribution < -0.4 is 0 Å². The van der Waals surface area contributed by atoms with Gasteiger partial charge in [0.25, 0.3) is 0 Å². The molecule has 0 aliphatic carbocycles. The normalized spacial score (nSPS) is 3.50. The molecular weight excluding hydrogens is 100 g/mol. The smallest absolute Gasteiger partial charge is 0.186 e. The minimum absolute atomic E-state index is 1.36. The number of rotatable bonds is 0. The second kappa shape index (κ2) is 5.35. The quantitative estimate of drug-likeness (QED) is 0.326. The number of hydrogen-bond donors (Lipinski definition) is 0. The fourth-order valence-electron chi connectivity index (χ4n) is 0.132. The zero-order chi connectivity index (χ0) is 6.24. The standard InChI is InChI=1S/C7H2O/c1-2-3-4-5-6-7-8/h1H2. The summed E-state index contributed by atoms with van der Waals surface area (Å²) in [6.07, 6.45) is 0. The molecule has 8 heavy (non-hydrogen) atoms. The molecule has 0 aliphatic heterocycles. The molecule has 0 spiro atoms. The van der Waals surface area contributed by atoms with Crippen LogP contribution in [0.25, 0.3) is 0 Å². The Morgan fingerprint density at radius 1 is 1.00 bits per heavy atom. The maximum atomic E-state index is 9.37. The van der Waals surface area contributed by atoms with E-state index in [0.717, 1.165) is 0 Å². The Bertz CT molecular complexity index is 234. The van der Waals surface area contributed by atoms with Crippen molar-refractivity contribution in [3.05, 3.63) is 35.2 Å². The summed E-state index contributed by atoms with van der Waals surface area (Å²) < 4.78 is 0. The van der Waals surface area contributed by atoms with Crippen LogP contribution in [0.1, 0.15) is 0 Å². The van der Waals surface area contributed by atoms with Crippen molar-refractivity contribution in [3.63, 3.8) is 0 Å². The van der Waals surface area contributed by atoms with Gasteiger partial charge in [0.2, 0.25) is 0 Å². The summed E-state index contributed by atoms with van der Waals surface area (Å²) >= 11 is 0. The molecule has 0 aromatic carbocycles. The summed E-state index contributed by atoms with van der Waals surface area (Å²) in [4.78, 5) is 9.37. The van der Waals surface area contributed by atoms with Crippen molar-refractivity contribution in [2.45, 2.75) is 0 Å². The Hall–Kier alpha value is -1.65. The average Bonchev–Trinajstić information content (AvgIpc) is 1.81. The molecular formula is C7H2O. The highest BCUT2D eigenvalue weighted by atomic mass is 16.1. The van der Waals surface area contributed by atoms with E-state index in [0.29, 0.717) is 0 Å². The fraction of sp³-hybridized carbons (Fsp3) is 0. The first-order valence-electron chi connectivity index (χ1n) is 1.81. The summed E-state index contributed by atoms with van der Waals surface area (Å²) in [5.74, 6) is 1.36. The maximum Gasteiger partial charge on any atom is 0.186 e. The van der Waals surface area contributed by atoms with Gasteiger partial charge in [-0.25, -0.2) is 4.79 Å². The molecule has 0 atom stereocenters. The molecule has 0 saturated carbocycles. The first-order chi connectivity index (χ1) is 3.91. The molecule has 1 heteroatoms. The van der Waals surface area contributed by atoms with Crippen molar-refractivity contribution in [3.8, 4) is 0 Å². The third kappa shape index (κ3) is 4.35.